The van der Waals surface area contributed by atoms with Crippen molar-refractivity contribution in [3.8, 4) is 0 Å². The smallest absolute Gasteiger partial charge is 0.306 e. The van der Waals surface area contributed by atoms with E-state index in [4.69, 9.17) is 0 Å². The minimum absolute atomic E-state index is 0.229. The van der Waals surface area contributed by atoms with E-state index in [1.165, 1.54) is 23.5 Å². The molecule has 0 bridgehead atoms. The van der Waals surface area contributed by atoms with E-state index in [1.807, 2.05) is 0 Å². The third kappa shape index (κ3) is 4.05. The number of carbonyl (C=O) groups excluding carboxylic acids is 2. The molecule has 0 aromatic heterocycles. The maximum Gasteiger partial charge on any atom is 0.306 e. The highest BCUT2D eigenvalue weighted by Crippen LogP contribution is 2.41. The van der Waals surface area contributed by atoms with Crippen LogP contribution in [0.2, 0.25) is 0 Å². The summed E-state index contributed by atoms with van der Waals surface area (Å²) >= 11 is 0. The number of hydrogen-bond donors (Lipinski definition) is 1. The SMILES string of the molecule is O=C(O)C(CCC(CN1C(=O)C=CC1=O)C1CC1)C1CCCCC1. The Morgan fingerprint density at radius 1 is 1.00 bits per heavy atom. The second-order valence-electron chi connectivity index (χ2n) is 7.64. The standard InChI is InChI=1S/C19H27NO4/c21-17-10-11-18(22)20(17)12-15(13-6-7-13)8-9-16(19(23)24)14-4-2-1-3-5-14/h10-11,13-16H,1-9,12H2,(H,23,24). The van der Waals surface area contributed by atoms with Gasteiger partial charge < -0.3 is 5.11 Å². The monoisotopic (exact) mass is 333 g/mol. The third-order valence-electron chi connectivity index (χ3n) is 5.99. The van der Waals surface area contributed by atoms with Crippen LogP contribution in [0.5, 0.6) is 0 Å². The van der Waals surface area contributed by atoms with E-state index in [-0.39, 0.29) is 23.7 Å². The zero-order chi connectivity index (χ0) is 17.1. The summed E-state index contributed by atoms with van der Waals surface area (Å²) in [5, 5.41) is 9.63. The number of nitrogens with zero attached hydrogens (tertiary/aromatic N) is 1. The highest BCUT2D eigenvalue weighted by atomic mass is 16.4. The molecule has 3 rings (SSSR count). The molecule has 1 heterocycles. The average Bonchev–Trinajstić information content (AvgIpc) is 3.36. The molecule has 0 spiro atoms. The molecule has 0 radical (unpaired) electrons. The Morgan fingerprint density at radius 2 is 1.62 bits per heavy atom. The summed E-state index contributed by atoms with van der Waals surface area (Å²) in [5.74, 6) is -0.301. The van der Waals surface area contributed by atoms with Crippen LogP contribution in [-0.4, -0.2) is 34.3 Å². The molecular weight excluding hydrogens is 306 g/mol. The first-order valence-electron chi connectivity index (χ1n) is 9.32. The van der Waals surface area contributed by atoms with E-state index >= 15 is 0 Å². The van der Waals surface area contributed by atoms with Crippen LogP contribution >= 0.6 is 0 Å². The summed E-state index contributed by atoms with van der Waals surface area (Å²) in [7, 11) is 0. The molecular formula is C19H27NO4. The molecule has 5 nitrogen and oxygen atoms in total. The van der Waals surface area contributed by atoms with Crippen molar-refractivity contribution >= 4 is 17.8 Å². The lowest BCUT2D eigenvalue weighted by Crippen LogP contribution is -2.36. The lowest BCUT2D eigenvalue weighted by atomic mass is 9.77. The van der Waals surface area contributed by atoms with Gasteiger partial charge in [-0.25, -0.2) is 0 Å². The molecule has 2 amide bonds. The normalized spacial score (nSPS) is 24.4. The number of aliphatic carboxylic acids is 1. The number of carboxylic acid groups (broad SMARTS) is 1. The van der Waals surface area contributed by atoms with Crippen LogP contribution in [0.4, 0.5) is 0 Å². The van der Waals surface area contributed by atoms with Crippen LogP contribution in [0, 0.1) is 23.7 Å². The lowest BCUT2D eigenvalue weighted by molar-refractivity contribution is -0.145. The Morgan fingerprint density at radius 3 is 2.17 bits per heavy atom. The summed E-state index contributed by atoms with van der Waals surface area (Å²) in [6.07, 6.45) is 12.0. The molecule has 2 unspecified atom stereocenters. The highest BCUT2D eigenvalue weighted by molar-refractivity contribution is 6.12. The van der Waals surface area contributed by atoms with E-state index in [0.29, 0.717) is 24.8 Å². The molecule has 1 N–H and O–H groups in total. The quantitative estimate of drug-likeness (QED) is 0.693. The summed E-state index contributed by atoms with van der Waals surface area (Å²) in [4.78, 5) is 36.6. The van der Waals surface area contributed by atoms with Gasteiger partial charge in [0.2, 0.25) is 0 Å². The van der Waals surface area contributed by atoms with E-state index < -0.39 is 5.97 Å². The van der Waals surface area contributed by atoms with Gasteiger partial charge >= 0.3 is 5.97 Å². The van der Waals surface area contributed by atoms with Crippen molar-refractivity contribution in [2.24, 2.45) is 23.7 Å². The molecule has 3 aliphatic rings. The van der Waals surface area contributed by atoms with Crippen molar-refractivity contribution < 1.29 is 19.5 Å². The summed E-state index contributed by atoms with van der Waals surface area (Å²) in [6, 6.07) is 0. The summed E-state index contributed by atoms with van der Waals surface area (Å²) in [6.45, 7) is 0.451. The molecule has 5 heteroatoms. The first kappa shape index (κ1) is 17.2. The molecule has 0 saturated heterocycles. The Bertz CT molecular complexity index is 513. The van der Waals surface area contributed by atoms with Crippen LogP contribution in [0.15, 0.2) is 12.2 Å². The predicted octanol–water partition coefficient (Wildman–Crippen LogP) is 3.00. The van der Waals surface area contributed by atoms with Gasteiger partial charge in [0, 0.05) is 18.7 Å². The Balaban J connectivity index is 1.57. The van der Waals surface area contributed by atoms with Gasteiger partial charge in [0.15, 0.2) is 0 Å². The fourth-order valence-corrected chi connectivity index (χ4v) is 4.38. The number of carboxylic acids is 1. The van der Waals surface area contributed by atoms with E-state index in [1.54, 1.807) is 0 Å². The van der Waals surface area contributed by atoms with Crippen LogP contribution in [0.1, 0.15) is 57.8 Å². The van der Waals surface area contributed by atoms with Crippen LogP contribution in [-0.2, 0) is 14.4 Å². The van der Waals surface area contributed by atoms with Crippen LogP contribution < -0.4 is 0 Å². The second-order valence-corrected chi connectivity index (χ2v) is 7.64. The van der Waals surface area contributed by atoms with Gasteiger partial charge in [-0.3, -0.25) is 19.3 Å². The zero-order valence-electron chi connectivity index (χ0n) is 14.2. The van der Waals surface area contributed by atoms with Crippen molar-refractivity contribution in [3.63, 3.8) is 0 Å². The van der Waals surface area contributed by atoms with Crippen molar-refractivity contribution in [2.45, 2.75) is 57.8 Å². The number of carbonyl (C=O) groups is 3. The molecule has 0 aromatic rings. The maximum atomic E-state index is 11.8. The van der Waals surface area contributed by atoms with E-state index in [2.05, 4.69) is 0 Å². The lowest BCUT2D eigenvalue weighted by Gasteiger charge is -2.29. The minimum Gasteiger partial charge on any atom is -0.481 e. The molecule has 2 saturated carbocycles. The molecule has 0 aromatic carbocycles. The van der Waals surface area contributed by atoms with Crippen molar-refractivity contribution in [3.05, 3.63) is 12.2 Å². The van der Waals surface area contributed by atoms with Gasteiger partial charge in [-0.15, -0.1) is 0 Å². The van der Waals surface area contributed by atoms with Gasteiger partial charge in [0.1, 0.15) is 0 Å². The fourth-order valence-electron chi connectivity index (χ4n) is 4.38. The zero-order valence-corrected chi connectivity index (χ0v) is 14.2. The molecule has 1 aliphatic heterocycles. The van der Waals surface area contributed by atoms with Crippen molar-refractivity contribution in [2.75, 3.05) is 6.54 Å². The van der Waals surface area contributed by atoms with Crippen molar-refractivity contribution in [1.82, 2.24) is 4.90 Å². The first-order chi connectivity index (χ1) is 11.6. The van der Waals surface area contributed by atoms with Gasteiger partial charge in [-0.1, -0.05) is 19.3 Å². The molecule has 2 fully saturated rings. The Labute approximate surface area is 143 Å². The highest BCUT2D eigenvalue weighted by Gasteiger charge is 2.37. The fraction of sp³-hybridized carbons (Fsp3) is 0.737. The average molecular weight is 333 g/mol. The first-order valence-corrected chi connectivity index (χ1v) is 9.32. The van der Waals surface area contributed by atoms with E-state index in [0.717, 1.165) is 44.9 Å². The minimum atomic E-state index is -0.675. The van der Waals surface area contributed by atoms with Crippen LogP contribution in [0.25, 0.3) is 0 Å². The van der Waals surface area contributed by atoms with Crippen molar-refractivity contribution in [1.29, 1.82) is 0 Å². The molecule has 132 valence electrons. The van der Waals surface area contributed by atoms with Crippen LogP contribution in [0.3, 0.4) is 0 Å². The number of rotatable bonds is 8. The van der Waals surface area contributed by atoms with Gasteiger partial charge in [0.05, 0.1) is 5.92 Å². The Hall–Kier alpha value is -1.65. The summed E-state index contributed by atoms with van der Waals surface area (Å²) in [5.41, 5.74) is 0. The number of hydrogen-bond acceptors (Lipinski definition) is 3. The van der Waals surface area contributed by atoms with E-state index in [9.17, 15) is 19.5 Å². The molecule has 2 atom stereocenters. The largest absolute Gasteiger partial charge is 0.481 e. The topological polar surface area (TPSA) is 74.7 Å². The maximum absolute atomic E-state index is 11.8. The number of amides is 2. The van der Waals surface area contributed by atoms with Gasteiger partial charge in [-0.05, 0) is 56.3 Å². The Kier molecular flexibility index (Phi) is 5.36. The second kappa shape index (κ2) is 7.49. The van der Waals surface area contributed by atoms with Gasteiger partial charge in [0.25, 0.3) is 11.8 Å². The molecule has 2 aliphatic carbocycles. The summed E-state index contributed by atoms with van der Waals surface area (Å²) < 4.78 is 0. The number of imide groups is 1. The predicted molar refractivity (Wildman–Crippen MR) is 89.0 cm³/mol. The third-order valence-corrected chi connectivity index (χ3v) is 5.99. The molecule has 24 heavy (non-hydrogen) atoms. The van der Waals surface area contributed by atoms with Gasteiger partial charge in [-0.2, -0.15) is 0 Å².